The molecule has 0 aliphatic carbocycles. The van der Waals surface area contributed by atoms with Gasteiger partial charge in [0.15, 0.2) is 0 Å². The van der Waals surface area contributed by atoms with Crippen molar-refractivity contribution in [2.45, 2.75) is 13.3 Å². The molecule has 16 heavy (non-hydrogen) atoms. The Labute approximate surface area is 95.2 Å². The van der Waals surface area contributed by atoms with Gasteiger partial charge in [-0.15, -0.1) is 0 Å². The summed E-state index contributed by atoms with van der Waals surface area (Å²) in [6.07, 6.45) is 0.824. The van der Waals surface area contributed by atoms with Crippen molar-refractivity contribution in [1.82, 2.24) is 15.1 Å². The lowest BCUT2D eigenvalue weighted by Crippen LogP contribution is -2.42. The molecule has 2 amide bonds. The molecule has 1 rings (SSSR count). The molecule has 0 unspecified atom stereocenters. The van der Waals surface area contributed by atoms with E-state index in [2.05, 4.69) is 5.32 Å². The Morgan fingerprint density at radius 1 is 1.25 bits per heavy atom. The Hall–Kier alpha value is -1.30. The van der Waals surface area contributed by atoms with Crippen molar-refractivity contribution in [1.29, 1.82) is 0 Å². The maximum absolute atomic E-state index is 11.6. The van der Waals surface area contributed by atoms with Crippen molar-refractivity contribution in [3.63, 3.8) is 0 Å². The van der Waals surface area contributed by atoms with Crippen molar-refractivity contribution >= 4 is 12.0 Å². The molecule has 0 saturated carbocycles. The van der Waals surface area contributed by atoms with Crippen LogP contribution in [0.2, 0.25) is 0 Å². The van der Waals surface area contributed by atoms with E-state index in [-0.39, 0.29) is 12.6 Å². The average molecular weight is 229 g/mol. The molecule has 1 saturated heterocycles. The van der Waals surface area contributed by atoms with Crippen LogP contribution in [0, 0.1) is 0 Å². The van der Waals surface area contributed by atoms with Crippen LogP contribution >= 0.6 is 0 Å². The van der Waals surface area contributed by atoms with E-state index in [0.717, 1.165) is 13.0 Å². The normalized spacial score (nSPS) is 17.9. The topological polar surface area (TPSA) is 72.9 Å². The molecule has 6 nitrogen and oxygen atoms in total. The SMILES string of the molecule is CCNC(=O)N1CCCN(CC(=O)O)CC1. The highest BCUT2D eigenvalue weighted by Gasteiger charge is 2.19. The number of hydrogen-bond donors (Lipinski definition) is 2. The van der Waals surface area contributed by atoms with Crippen LogP contribution in [0.3, 0.4) is 0 Å². The zero-order chi connectivity index (χ0) is 12.0. The van der Waals surface area contributed by atoms with Gasteiger partial charge in [0, 0.05) is 32.7 Å². The number of nitrogens with one attached hydrogen (secondary N) is 1. The summed E-state index contributed by atoms with van der Waals surface area (Å²) in [4.78, 5) is 25.7. The van der Waals surface area contributed by atoms with E-state index in [0.29, 0.717) is 26.2 Å². The van der Waals surface area contributed by atoms with Crippen LogP contribution < -0.4 is 5.32 Å². The Balaban J connectivity index is 2.39. The monoisotopic (exact) mass is 229 g/mol. The van der Waals surface area contributed by atoms with Crippen molar-refractivity contribution in [3.8, 4) is 0 Å². The maximum atomic E-state index is 11.6. The molecule has 1 fully saturated rings. The quantitative estimate of drug-likeness (QED) is 0.703. The van der Waals surface area contributed by atoms with Gasteiger partial charge in [-0.3, -0.25) is 9.69 Å². The number of amides is 2. The van der Waals surface area contributed by atoms with Crippen LogP contribution in [-0.4, -0.2) is 66.2 Å². The molecule has 0 bridgehead atoms. The van der Waals surface area contributed by atoms with E-state index in [1.54, 1.807) is 4.90 Å². The summed E-state index contributed by atoms with van der Waals surface area (Å²) in [5.41, 5.74) is 0. The second-order valence-corrected chi connectivity index (χ2v) is 3.85. The smallest absolute Gasteiger partial charge is 0.317 e. The summed E-state index contributed by atoms with van der Waals surface area (Å²) in [5.74, 6) is -0.813. The minimum atomic E-state index is -0.813. The number of carboxylic acids is 1. The van der Waals surface area contributed by atoms with Gasteiger partial charge in [0.25, 0.3) is 0 Å². The lowest BCUT2D eigenvalue weighted by Gasteiger charge is -2.21. The van der Waals surface area contributed by atoms with Gasteiger partial charge >= 0.3 is 12.0 Å². The molecule has 1 aliphatic heterocycles. The van der Waals surface area contributed by atoms with Crippen molar-refractivity contribution in [2.75, 3.05) is 39.3 Å². The van der Waals surface area contributed by atoms with Crippen LogP contribution in [0.1, 0.15) is 13.3 Å². The number of urea groups is 1. The number of nitrogens with zero attached hydrogens (tertiary/aromatic N) is 2. The molecule has 0 atom stereocenters. The van der Waals surface area contributed by atoms with Crippen molar-refractivity contribution < 1.29 is 14.7 Å². The largest absolute Gasteiger partial charge is 0.480 e. The summed E-state index contributed by atoms with van der Waals surface area (Å²) in [5, 5.41) is 11.4. The molecule has 2 N–H and O–H groups in total. The van der Waals surface area contributed by atoms with Crippen LogP contribution in [-0.2, 0) is 4.79 Å². The highest BCUT2D eigenvalue weighted by molar-refractivity contribution is 5.74. The number of carbonyl (C=O) groups is 2. The Morgan fingerprint density at radius 2 is 2.00 bits per heavy atom. The molecule has 6 heteroatoms. The number of rotatable bonds is 3. The Bertz CT molecular complexity index is 258. The Kier molecular flexibility index (Phi) is 5.04. The van der Waals surface area contributed by atoms with Gasteiger partial charge < -0.3 is 15.3 Å². The van der Waals surface area contributed by atoms with Gasteiger partial charge in [-0.1, -0.05) is 0 Å². The summed E-state index contributed by atoms with van der Waals surface area (Å²) in [6, 6.07) is -0.0559. The molecule has 1 aliphatic rings. The van der Waals surface area contributed by atoms with Gasteiger partial charge in [0.2, 0.25) is 0 Å². The van der Waals surface area contributed by atoms with Gasteiger partial charge in [-0.05, 0) is 13.3 Å². The standard InChI is InChI=1S/C10H19N3O3/c1-2-11-10(16)13-5-3-4-12(6-7-13)8-9(14)15/h2-8H2,1H3,(H,11,16)(H,14,15). The fourth-order valence-corrected chi connectivity index (χ4v) is 1.79. The minimum absolute atomic E-state index is 0.0559. The first-order valence-corrected chi connectivity index (χ1v) is 5.60. The van der Waals surface area contributed by atoms with Gasteiger partial charge in [0.1, 0.15) is 0 Å². The predicted molar refractivity (Wildman–Crippen MR) is 59.3 cm³/mol. The zero-order valence-electron chi connectivity index (χ0n) is 9.61. The third kappa shape index (κ3) is 4.06. The second-order valence-electron chi connectivity index (χ2n) is 3.85. The van der Waals surface area contributed by atoms with Crippen LogP contribution in [0.15, 0.2) is 0 Å². The number of aliphatic carboxylic acids is 1. The average Bonchev–Trinajstić information content (AvgIpc) is 2.43. The van der Waals surface area contributed by atoms with Crippen LogP contribution in [0.5, 0.6) is 0 Å². The van der Waals surface area contributed by atoms with E-state index in [1.807, 2.05) is 11.8 Å². The third-order valence-corrected chi connectivity index (χ3v) is 2.56. The summed E-state index contributed by atoms with van der Waals surface area (Å²) in [6.45, 7) is 5.22. The zero-order valence-corrected chi connectivity index (χ0v) is 9.61. The molecule has 1 heterocycles. The van der Waals surface area contributed by atoms with Crippen LogP contribution in [0.25, 0.3) is 0 Å². The number of hydrogen-bond acceptors (Lipinski definition) is 3. The van der Waals surface area contributed by atoms with E-state index >= 15 is 0 Å². The van der Waals surface area contributed by atoms with E-state index < -0.39 is 5.97 Å². The molecular weight excluding hydrogens is 210 g/mol. The first-order chi connectivity index (χ1) is 7.63. The molecule has 0 aromatic heterocycles. The molecule has 0 spiro atoms. The number of carbonyl (C=O) groups excluding carboxylic acids is 1. The van der Waals surface area contributed by atoms with Gasteiger partial charge in [0.05, 0.1) is 6.54 Å². The molecule has 0 radical (unpaired) electrons. The molecule has 92 valence electrons. The van der Waals surface area contributed by atoms with E-state index in [9.17, 15) is 9.59 Å². The summed E-state index contributed by atoms with van der Waals surface area (Å²) >= 11 is 0. The van der Waals surface area contributed by atoms with E-state index in [1.165, 1.54) is 0 Å². The van der Waals surface area contributed by atoms with Crippen molar-refractivity contribution in [2.24, 2.45) is 0 Å². The van der Waals surface area contributed by atoms with Crippen molar-refractivity contribution in [3.05, 3.63) is 0 Å². The highest BCUT2D eigenvalue weighted by Crippen LogP contribution is 2.02. The first-order valence-electron chi connectivity index (χ1n) is 5.60. The predicted octanol–water partition coefficient (Wildman–Crippen LogP) is -0.192. The maximum Gasteiger partial charge on any atom is 0.317 e. The lowest BCUT2D eigenvalue weighted by molar-refractivity contribution is -0.138. The Morgan fingerprint density at radius 3 is 2.62 bits per heavy atom. The second kappa shape index (κ2) is 6.32. The summed E-state index contributed by atoms with van der Waals surface area (Å²) < 4.78 is 0. The van der Waals surface area contributed by atoms with Gasteiger partial charge in [-0.25, -0.2) is 4.79 Å². The van der Waals surface area contributed by atoms with Gasteiger partial charge in [-0.2, -0.15) is 0 Å². The molecule has 0 aromatic rings. The fourth-order valence-electron chi connectivity index (χ4n) is 1.79. The van der Waals surface area contributed by atoms with E-state index in [4.69, 9.17) is 5.11 Å². The molecular formula is C10H19N3O3. The highest BCUT2D eigenvalue weighted by atomic mass is 16.4. The molecule has 0 aromatic carbocycles. The first kappa shape index (κ1) is 12.8. The third-order valence-electron chi connectivity index (χ3n) is 2.56. The number of carboxylic acid groups (broad SMARTS) is 1. The lowest BCUT2D eigenvalue weighted by atomic mass is 10.4. The fraction of sp³-hybridized carbons (Fsp3) is 0.800. The summed E-state index contributed by atoms with van der Waals surface area (Å²) in [7, 11) is 0. The van der Waals surface area contributed by atoms with Crippen LogP contribution in [0.4, 0.5) is 4.79 Å². The minimum Gasteiger partial charge on any atom is -0.480 e.